The minimum atomic E-state index is -0.164. The van der Waals surface area contributed by atoms with Crippen LogP contribution < -0.4 is 0 Å². The summed E-state index contributed by atoms with van der Waals surface area (Å²) < 4.78 is 0. The van der Waals surface area contributed by atoms with E-state index in [9.17, 15) is 9.59 Å². The van der Waals surface area contributed by atoms with E-state index in [2.05, 4.69) is 78.9 Å². The largest absolute Gasteiger partial charge is 0.310 e. The molecule has 0 N–H and O–H groups in total. The molecule has 2 aliphatic rings. The molecule has 200 valence electrons. The average molecular weight is 543 g/mol. The molecule has 0 radical (unpaired) electrons. The van der Waals surface area contributed by atoms with Gasteiger partial charge in [0.05, 0.1) is 22.5 Å². The van der Waals surface area contributed by atoms with E-state index in [-0.39, 0.29) is 11.8 Å². The summed E-state index contributed by atoms with van der Waals surface area (Å²) in [5.74, 6) is -0.328. The highest BCUT2D eigenvalue weighted by Gasteiger charge is 2.47. The summed E-state index contributed by atoms with van der Waals surface area (Å²) in [5.41, 5.74) is 6.28. The third-order valence-electron chi connectivity index (χ3n) is 8.74. The lowest BCUT2D eigenvalue weighted by molar-refractivity contribution is -0.123. The molecule has 6 aromatic rings. The average Bonchev–Trinajstić information content (AvgIpc) is 3.44. The van der Waals surface area contributed by atoms with Gasteiger partial charge in [-0.25, -0.2) is 0 Å². The monoisotopic (exact) mass is 542 g/mol. The molecule has 42 heavy (non-hydrogen) atoms. The van der Waals surface area contributed by atoms with E-state index in [1.54, 1.807) is 23.9 Å². The number of rotatable bonds is 3. The molecule has 4 nitrogen and oxygen atoms in total. The van der Waals surface area contributed by atoms with Gasteiger partial charge in [-0.3, -0.25) is 9.59 Å². The molecule has 0 spiro atoms. The predicted octanol–water partition coefficient (Wildman–Crippen LogP) is 7.88. The van der Waals surface area contributed by atoms with Crippen molar-refractivity contribution >= 4 is 55.5 Å². The summed E-state index contributed by atoms with van der Waals surface area (Å²) in [6.45, 7) is 0. The number of fused-ring (bicyclic) bond motifs is 4. The lowest BCUT2D eigenvalue weighted by atomic mass is 9.90. The van der Waals surface area contributed by atoms with Crippen LogP contribution in [0.25, 0.3) is 54.8 Å². The standard InChI is InChI=1S/C38H26N2O2/c1-39-35(31-20-10-14-24-12-4-6-16-26(24)31)33-34(38(39)42)36(40(2)37(33)41)32-22-21-30(28-17-7-8-18-29(28)32)27-19-9-13-23-11-3-5-15-25(23)27/h3-22H,1-2H3. The fourth-order valence-corrected chi connectivity index (χ4v) is 6.79. The summed E-state index contributed by atoms with van der Waals surface area (Å²) in [6.07, 6.45) is 0. The number of amides is 2. The van der Waals surface area contributed by atoms with Crippen LogP contribution in [0.5, 0.6) is 0 Å². The van der Waals surface area contributed by atoms with Gasteiger partial charge in [-0.05, 0) is 43.4 Å². The summed E-state index contributed by atoms with van der Waals surface area (Å²) in [7, 11) is 3.54. The first-order valence-electron chi connectivity index (χ1n) is 14.1. The Balaban J connectivity index is 1.40. The van der Waals surface area contributed by atoms with Crippen LogP contribution in [0, 0.1) is 0 Å². The van der Waals surface area contributed by atoms with E-state index in [0.717, 1.165) is 43.8 Å². The van der Waals surface area contributed by atoms with Gasteiger partial charge in [0.15, 0.2) is 0 Å². The molecule has 0 aliphatic carbocycles. The Morgan fingerprint density at radius 3 is 1.31 bits per heavy atom. The molecular weight excluding hydrogens is 516 g/mol. The molecule has 0 aromatic heterocycles. The Hall–Kier alpha value is -5.48. The highest BCUT2D eigenvalue weighted by Crippen LogP contribution is 2.48. The van der Waals surface area contributed by atoms with Crippen LogP contribution in [0.1, 0.15) is 11.1 Å². The first kappa shape index (κ1) is 24.3. The third kappa shape index (κ3) is 3.29. The zero-order valence-corrected chi connectivity index (χ0v) is 23.3. The number of carbonyl (C=O) groups excluding carboxylic acids is 2. The number of carbonyl (C=O) groups is 2. The van der Waals surface area contributed by atoms with Crippen molar-refractivity contribution in [2.75, 3.05) is 14.1 Å². The lowest BCUT2D eigenvalue weighted by Gasteiger charge is -2.22. The van der Waals surface area contributed by atoms with E-state index in [0.29, 0.717) is 22.5 Å². The van der Waals surface area contributed by atoms with Crippen LogP contribution in [-0.2, 0) is 9.59 Å². The van der Waals surface area contributed by atoms with E-state index in [4.69, 9.17) is 0 Å². The second kappa shape index (κ2) is 9.02. The number of benzene rings is 6. The molecule has 0 bridgehead atoms. The van der Waals surface area contributed by atoms with Crippen LogP contribution in [-0.4, -0.2) is 35.7 Å². The molecule has 2 amide bonds. The Morgan fingerprint density at radius 1 is 0.381 bits per heavy atom. The summed E-state index contributed by atoms with van der Waals surface area (Å²) in [5, 5.41) is 6.52. The molecule has 2 aliphatic heterocycles. The quantitative estimate of drug-likeness (QED) is 0.228. The number of nitrogens with zero attached hydrogens (tertiary/aromatic N) is 2. The highest BCUT2D eigenvalue weighted by atomic mass is 16.2. The maximum atomic E-state index is 14.0. The SMILES string of the molecule is CN1C(=O)C2=C(c3ccc(-c4cccc5ccccc45)c4ccccc34)N(C)C(=O)C2=C1c1cccc2ccccc12. The molecule has 0 unspecified atom stereocenters. The molecule has 4 heteroatoms. The van der Waals surface area contributed by atoms with Gasteiger partial charge in [0.1, 0.15) is 0 Å². The van der Waals surface area contributed by atoms with Crippen molar-refractivity contribution in [3.8, 4) is 11.1 Å². The Morgan fingerprint density at radius 2 is 0.738 bits per heavy atom. The zero-order chi connectivity index (χ0) is 28.5. The normalized spacial score (nSPS) is 15.2. The number of hydrogen-bond acceptors (Lipinski definition) is 2. The molecule has 8 rings (SSSR count). The van der Waals surface area contributed by atoms with Crippen molar-refractivity contribution in [1.29, 1.82) is 0 Å². The van der Waals surface area contributed by atoms with Crippen LogP contribution in [0.2, 0.25) is 0 Å². The number of hydrogen-bond donors (Lipinski definition) is 0. The van der Waals surface area contributed by atoms with Crippen molar-refractivity contribution in [2.45, 2.75) is 0 Å². The van der Waals surface area contributed by atoms with Crippen molar-refractivity contribution in [2.24, 2.45) is 0 Å². The minimum Gasteiger partial charge on any atom is -0.310 e. The molecule has 6 aromatic carbocycles. The molecule has 0 atom stereocenters. The van der Waals surface area contributed by atoms with Crippen LogP contribution in [0.3, 0.4) is 0 Å². The van der Waals surface area contributed by atoms with Crippen LogP contribution >= 0.6 is 0 Å². The Kier molecular flexibility index (Phi) is 5.22. The van der Waals surface area contributed by atoms with Gasteiger partial charge in [0, 0.05) is 25.2 Å². The highest BCUT2D eigenvalue weighted by molar-refractivity contribution is 6.31. The predicted molar refractivity (Wildman–Crippen MR) is 170 cm³/mol. The fourth-order valence-electron chi connectivity index (χ4n) is 6.79. The topological polar surface area (TPSA) is 40.6 Å². The van der Waals surface area contributed by atoms with Crippen molar-refractivity contribution < 1.29 is 9.59 Å². The van der Waals surface area contributed by atoms with Crippen molar-refractivity contribution in [1.82, 2.24) is 9.80 Å². The Bertz CT molecular complexity index is 2210. The van der Waals surface area contributed by atoms with Gasteiger partial charge in [0.2, 0.25) is 0 Å². The van der Waals surface area contributed by atoms with Gasteiger partial charge in [-0.1, -0.05) is 121 Å². The molecule has 0 fully saturated rings. The first-order valence-corrected chi connectivity index (χ1v) is 14.1. The summed E-state index contributed by atoms with van der Waals surface area (Å²) in [4.78, 5) is 31.3. The first-order chi connectivity index (χ1) is 20.5. The van der Waals surface area contributed by atoms with Crippen LogP contribution in [0.15, 0.2) is 132 Å². The van der Waals surface area contributed by atoms with Gasteiger partial charge < -0.3 is 9.80 Å². The van der Waals surface area contributed by atoms with E-state index in [1.807, 2.05) is 42.5 Å². The molecule has 2 heterocycles. The van der Waals surface area contributed by atoms with E-state index in [1.165, 1.54) is 10.8 Å². The third-order valence-corrected chi connectivity index (χ3v) is 8.74. The van der Waals surface area contributed by atoms with Gasteiger partial charge in [-0.15, -0.1) is 0 Å². The fraction of sp³-hybridized carbons (Fsp3) is 0.0526. The maximum absolute atomic E-state index is 14.0. The number of likely N-dealkylation sites (N-methyl/N-ethyl adjacent to an activating group) is 2. The summed E-state index contributed by atoms with van der Waals surface area (Å²) in [6, 6.07) is 41.4. The molecule has 0 saturated heterocycles. The smallest absolute Gasteiger partial charge is 0.261 e. The lowest BCUT2D eigenvalue weighted by Crippen LogP contribution is -2.25. The maximum Gasteiger partial charge on any atom is 0.261 e. The van der Waals surface area contributed by atoms with Gasteiger partial charge >= 0.3 is 0 Å². The Labute approximate surface area is 243 Å². The molecule has 0 saturated carbocycles. The second-order valence-electron chi connectivity index (χ2n) is 10.9. The zero-order valence-electron chi connectivity index (χ0n) is 23.3. The van der Waals surface area contributed by atoms with Crippen molar-refractivity contribution in [3.05, 3.63) is 144 Å². The van der Waals surface area contributed by atoms with Gasteiger partial charge in [0.25, 0.3) is 11.8 Å². The van der Waals surface area contributed by atoms with E-state index >= 15 is 0 Å². The summed E-state index contributed by atoms with van der Waals surface area (Å²) >= 11 is 0. The minimum absolute atomic E-state index is 0.164. The van der Waals surface area contributed by atoms with Gasteiger partial charge in [-0.2, -0.15) is 0 Å². The molecular formula is C38H26N2O2. The second-order valence-corrected chi connectivity index (χ2v) is 10.9. The van der Waals surface area contributed by atoms with E-state index < -0.39 is 0 Å². The van der Waals surface area contributed by atoms with Crippen LogP contribution in [0.4, 0.5) is 0 Å². The van der Waals surface area contributed by atoms with Crippen molar-refractivity contribution in [3.63, 3.8) is 0 Å².